The molecular formula is C16H24O. The van der Waals surface area contributed by atoms with Crippen molar-refractivity contribution in [2.24, 2.45) is 5.92 Å². The quantitative estimate of drug-likeness (QED) is 0.643. The zero-order chi connectivity index (χ0) is 12.8. The molecule has 17 heavy (non-hydrogen) atoms. The fourth-order valence-electron chi connectivity index (χ4n) is 1.87. The Morgan fingerprint density at radius 2 is 1.65 bits per heavy atom. The highest BCUT2D eigenvalue weighted by molar-refractivity contribution is 5.96. The van der Waals surface area contributed by atoms with Gasteiger partial charge in [-0.1, -0.05) is 58.4 Å². The first kappa shape index (κ1) is 14.0. The molecule has 0 atom stereocenters. The van der Waals surface area contributed by atoms with E-state index in [9.17, 15) is 4.79 Å². The predicted molar refractivity (Wildman–Crippen MR) is 73.6 cm³/mol. The molecule has 0 saturated heterocycles. The van der Waals surface area contributed by atoms with E-state index in [4.69, 9.17) is 0 Å². The Kier molecular flexibility index (Phi) is 5.40. The molecule has 1 rings (SSSR count). The molecule has 0 bridgehead atoms. The highest BCUT2D eigenvalue weighted by Gasteiger charge is 2.07. The Morgan fingerprint density at radius 1 is 1.06 bits per heavy atom. The minimum atomic E-state index is 0.279. The van der Waals surface area contributed by atoms with Gasteiger partial charge in [0.2, 0.25) is 0 Å². The zero-order valence-electron chi connectivity index (χ0n) is 11.5. The van der Waals surface area contributed by atoms with Crippen LogP contribution in [0.5, 0.6) is 0 Å². The van der Waals surface area contributed by atoms with Gasteiger partial charge >= 0.3 is 0 Å². The lowest BCUT2D eigenvalue weighted by molar-refractivity contribution is 0.0978. The third-order valence-electron chi connectivity index (χ3n) is 3.08. The Morgan fingerprint density at radius 3 is 2.12 bits per heavy atom. The third-order valence-corrected chi connectivity index (χ3v) is 3.08. The van der Waals surface area contributed by atoms with Gasteiger partial charge in [0, 0.05) is 12.0 Å². The molecule has 0 heterocycles. The van der Waals surface area contributed by atoms with E-state index in [0.717, 1.165) is 18.4 Å². The number of rotatable bonds is 6. The average molecular weight is 232 g/mol. The molecule has 1 heteroatoms. The van der Waals surface area contributed by atoms with Crippen LogP contribution >= 0.6 is 0 Å². The van der Waals surface area contributed by atoms with Crippen LogP contribution in [0.3, 0.4) is 0 Å². The monoisotopic (exact) mass is 232 g/mol. The maximum Gasteiger partial charge on any atom is 0.162 e. The molecule has 0 aliphatic carbocycles. The van der Waals surface area contributed by atoms with E-state index in [1.165, 1.54) is 5.56 Å². The molecule has 1 aromatic carbocycles. The Balaban J connectivity index is 2.52. The third kappa shape index (κ3) is 4.72. The summed E-state index contributed by atoms with van der Waals surface area (Å²) in [6, 6.07) is 8.07. The minimum absolute atomic E-state index is 0.279. The van der Waals surface area contributed by atoms with Gasteiger partial charge in [-0.15, -0.1) is 0 Å². The number of Topliss-reactive ketones (excluding diaryl/α,β-unsaturated/α-hetero) is 1. The summed E-state index contributed by atoms with van der Waals surface area (Å²) in [6.45, 7) is 8.72. The van der Waals surface area contributed by atoms with Gasteiger partial charge in [0.25, 0.3) is 0 Å². The van der Waals surface area contributed by atoms with Gasteiger partial charge in [-0.2, -0.15) is 0 Å². The fourth-order valence-corrected chi connectivity index (χ4v) is 1.87. The summed E-state index contributed by atoms with van der Waals surface area (Å²) >= 11 is 0. The number of hydrogen-bond acceptors (Lipinski definition) is 1. The van der Waals surface area contributed by atoms with Crippen molar-refractivity contribution in [1.82, 2.24) is 0 Å². The number of carbonyl (C=O) groups excluding carboxylic acids is 1. The summed E-state index contributed by atoms with van der Waals surface area (Å²) in [6.07, 6.45) is 2.82. The number of benzene rings is 1. The summed E-state index contributed by atoms with van der Waals surface area (Å²) in [5, 5.41) is 0. The lowest BCUT2D eigenvalue weighted by atomic mass is 9.98. The Labute approximate surface area is 105 Å². The first-order valence-corrected chi connectivity index (χ1v) is 6.64. The molecule has 0 aliphatic heterocycles. The standard InChI is InChI=1S/C16H24O/c1-12(2)6-5-7-16(17)15-10-8-14(9-11-15)13(3)4/h8-13H,5-7H2,1-4H3. The Hall–Kier alpha value is -1.11. The summed E-state index contributed by atoms with van der Waals surface area (Å²) in [7, 11) is 0. The van der Waals surface area contributed by atoms with Crippen molar-refractivity contribution in [3.63, 3.8) is 0 Å². The van der Waals surface area contributed by atoms with E-state index < -0.39 is 0 Å². The van der Waals surface area contributed by atoms with Crippen LogP contribution in [0.25, 0.3) is 0 Å². The maximum atomic E-state index is 11.9. The van der Waals surface area contributed by atoms with E-state index in [1.807, 2.05) is 12.1 Å². The molecule has 0 fully saturated rings. The fraction of sp³-hybridized carbons (Fsp3) is 0.562. The van der Waals surface area contributed by atoms with Gasteiger partial charge in [0.15, 0.2) is 5.78 Å². The van der Waals surface area contributed by atoms with Crippen LogP contribution in [-0.2, 0) is 0 Å². The first-order valence-electron chi connectivity index (χ1n) is 6.64. The highest BCUT2D eigenvalue weighted by Crippen LogP contribution is 2.16. The molecule has 1 nitrogen and oxygen atoms in total. The summed E-state index contributed by atoms with van der Waals surface area (Å²) in [5.41, 5.74) is 2.15. The molecule has 0 unspecified atom stereocenters. The van der Waals surface area contributed by atoms with Crippen LogP contribution in [0.1, 0.15) is 68.8 Å². The summed E-state index contributed by atoms with van der Waals surface area (Å²) in [4.78, 5) is 11.9. The van der Waals surface area contributed by atoms with Crippen LogP contribution in [-0.4, -0.2) is 5.78 Å². The van der Waals surface area contributed by atoms with Crippen LogP contribution in [0, 0.1) is 5.92 Å². The van der Waals surface area contributed by atoms with Crippen molar-refractivity contribution in [2.75, 3.05) is 0 Å². The van der Waals surface area contributed by atoms with Crippen LogP contribution in [0.15, 0.2) is 24.3 Å². The molecular weight excluding hydrogens is 208 g/mol. The molecule has 0 N–H and O–H groups in total. The second kappa shape index (κ2) is 6.58. The van der Waals surface area contributed by atoms with Crippen molar-refractivity contribution in [3.05, 3.63) is 35.4 Å². The van der Waals surface area contributed by atoms with Crippen molar-refractivity contribution in [2.45, 2.75) is 52.9 Å². The van der Waals surface area contributed by atoms with Crippen molar-refractivity contribution >= 4 is 5.78 Å². The number of carbonyl (C=O) groups is 1. The van der Waals surface area contributed by atoms with Gasteiger partial charge < -0.3 is 0 Å². The van der Waals surface area contributed by atoms with E-state index in [-0.39, 0.29) is 5.78 Å². The zero-order valence-corrected chi connectivity index (χ0v) is 11.5. The molecule has 0 amide bonds. The van der Waals surface area contributed by atoms with Gasteiger partial charge in [-0.05, 0) is 23.8 Å². The van der Waals surface area contributed by atoms with Crippen LogP contribution in [0.2, 0.25) is 0 Å². The molecule has 0 aromatic heterocycles. The van der Waals surface area contributed by atoms with Crippen molar-refractivity contribution in [1.29, 1.82) is 0 Å². The lowest BCUT2D eigenvalue weighted by Gasteiger charge is -2.07. The second-order valence-corrected chi connectivity index (χ2v) is 5.49. The number of hydrogen-bond donors (Lipinski definition) is 0. The van der Waals surface area contributed by atoms with E-state index in [1.54, 1.807) is 0 Å². The molecule has 0 saturated carbocycles. The molecule has 1 aromatic rings. The van der Waals surface area contributed by atoms with Gasteiger partial charge in [-0.25, -0.2) is 0 Å². The van der Waals surface area contributed by atoms with Crippen molar-refractivity contribution < 1.29 is 4.79 Å². The van der Waals surface area contributed by atoms with E-state index >= 15 is 0 Å². The molecule has 94 valence electrons. The first-order chi connectivity index (χ1) is 8.00. The smallest absolute Gasteiger partial charge is 0.162 e. The Bertz CT molecular complexity index is 346. The summed E-state index contributed by atoms with van der Waals surface area (Å²) < 4.78 is 0. The average Bonchev–Trinajstić information content (AvgIpc) is 2.28. The highest BCUT2D eigenvalue weighted by atomic mass is 16.1. The largest absolute Gasteiger partial charge is 0.294 e. The number of ketones is 1. The SMILES string of the molecule is CC(C)CCCC(=O)c1ccc(C(C)C)cc1. The van der Waals surface area contributed by atoms with E-state index in [0.29, 0.717) is 18.3 Å². The van der Waals surface area contributed by atoms with Crippen LogP contribution in [0.4, 0.5) is 0 Å². The minimum Gasteiger partial charge on any atom is -0.294 e. The van der Waals surface area contributed by atoms with E-state index in [2.05, 4.69) is 39.8 Å². The second-order valence-electron chi connectivity index (χ2n) is 5.49. The molecule has 0 spiro atoms. The molecule has 0 radical (unpaired) electrons. The lowest BCUT2D eigenvalue weighted by Crippen LogP contribution is -2.00. The predicted octanol–water partition coefficient (Wildman–Crippen LogP) is 4.82. The summed E-state index contributed by atoms with van der Waals surface area (Å²) in [5.74, 6) is 1.49. The van der Waals surface area contributed by atoms with Crippen LogP contribution < -0.4 is 0 Å². The van der Waals surface area contributed by atoms with Crippen molar-refractivity contribution in [3.8, 4) is 0 Å². The van der Waals surface area contributed by atoms with Gasteiger partial charge in [0.1, 0.15) is 0 Å². The normalized spacial score (nSPS) is 11.2. The topological polar surface area (TPSA) is 17.1 Å². The maximum absolute atomic E-state index is 11.9. The van der Waals surface area contributed by atoms with Gasteiger partial charge in [-0.3, -0.25) is 4.79 Å². The van der Waals surface area contributed by atoms with Gasteiger partial charge in [0.05, 0.1) is 0 Å². The molecule has 0 aliphatic rings.